The predicted octanol–water partition coefficient (Wildman–Crippen LogP) is 5.26. The molecule has 0 aliphatic heterocycles. The summed E-state index contributed by atoms with van der Waals surface area (Å²) in [7, 11) is -5.28. The summed E-state index contributed by atoms with van der Waals surface area (Å²) in [6.45, 7) is 4.95. The van der Waals surface area contributed by atoms with Gasteiger partial charge in [0.25, 0.3) is 20.0 Å². The molecule has 0 fully saturated rings. The normalized spacial score (nSPS) is 11.5. The van der Waals surface area contributed by atoms with Crippen LogP contribution in [-0.4, -0.2) is 43.5 Å². The zero-order valence-corrected chi connectivity index (χ0v) is 26.0. The molecule has 0 radical (unpaired) electrons. The molecular weight excluding hydrogens is 590 g/mol. The highest BCUT2D eigenvalue weighted by Gasteiger charge is 2.28. The standard InChI is InChI=1S/C31H33N3O7S2/c1-21-9-13-25(14-10-21)34(43(38,39)27-17-18-28(40-4)29(19-27)41-5)20-30(35)32-24-11-15-26(16-12-24)42(36,37)33-31-22(2)7-6-8-23(31)3/h6-19,33H,20H2,1-5H3,(H,32,35). The lowest BCUT2D eigenvalue weighted by atomic mass is 10.1. The van der Waals surface area contributed by atoms with Crippen LogP contribution in [0.1, 0.15) is 16.7 Å². The Hall–Kier alpha value is -4.55. The predicted molar refractivity (Wildman–Crippen MR) is 167 cm³/mol. The average molecular weight is 624 g/mol. The molecule has 0 unspecified atom stereocenters. The lowest BCUT2D eigenvalue weighted by Crippen LogP contribution is -2.38. The molecule has 4 rings (SSSR count). The molecule has 0 heterocycles. The highest BCUT2D eigenvalue weighted by molar-refractivity contribution is 7.93. The van der Waals surface area contributed by atoms with Gasteiger partial charge in [0.2, 0.25) is 5.91 Å². The number of amides is 1. The molecule has 4 aromatic rings. The summed E-state index contributed by atoms with van der Waals surface area (Å²) in [5.41, 5.74) is 3.57. The van der Waals surface area contributed by atoms with Crippen molar-refractivity contribution in [1.29, 1.82) is 0 Å². The molecular formula is C31H33N3O7S2. The van der Waals surface area contributed by atoms with Crippen LogP contribution in [0.3, 0.4) is 0 Å². The number of benzene rings is 4. The van der Waals surface area contributed by atoms with E-state index in [1.807, 2.05) is 39.0 Å². The Morgan fingerprint density at radius 3 is 1.91 bits per heavy atom. The molecule has 226 valence electrons. The molecule has 0 saturated heterocycles. The number of para-hydroxylation sites is 1. The van der Waals surface area contributed by atoms with Crippen molar-refractivity contribution in [3.8, 4) is 11.5 Å². The van der Waals surface area contributed by atoms with Gasteiger partial charge in [-0.1, -0.05) is 35.9 Å². The summed E-state index contributed by atoms with van der Waals surface area (Å²) >= 11 is 0. The minimum absolute atomic E-state index is 0.00506. The molecule has 2 N–H and O–H groups in total. The van der Waals surface area contributed by atoms with E-state index in [1.165, 1.54) is 56.7 Å². The van der Waals surface area contributed by atoms with Crippen molar-refractivity contribution in [3.63, 3.8) is 0 Å². The summed E-state index contributed by atoms with van der Waals surface area (Å²) < 4.78 is 67.7. The molecule has 0 aliphatic rings. The fourth-order valence-corrected chi connectivity index (χ4v) is 6.99. The number of nitrogens with one attached hydrogen (secondary N) is 2. The van der Waals surface area contributed by atoms with E-state index in [0.29, 0.717) is 17.1 Å². The van der Waals surface area contributed by atoms with E-state index in [4.69, 9.17) is 9.47 Å². The molecule has 0 bridgehead atoms. The molecule has 12 heteroatoms. The summed E-state index contributed by atoms with van der Waals surface area (Å²) in [4.78, 5) is 13.1. The Kier molecular flexibility index (Phi) is 9.31. The third kappa shape index (κ3) is 7.09. The third-order valence-electron chi connectivity index (χ3n) is 6.72. The number of sulfonamides is 2. The lowest BCUT2D eigenvalue weighted by Gasteiger charge is -2.24. The van der Waals surface area contributed by atoms with Crippen LogP contribution in [0.4, 0.5) is 17.1 Å². The molecule has 0 aromatic heterocycles. The number of rotatable bonds is 11. The van der Waals surface area contributed by atoms with Crippen LogP contribution in [0, 0.1) is 20.8 Å². The molecule has 1 amide bonds. The lowest BCUT2D eigenvalue weighted by molar-refractivity contribution is -0.114. The number of aryl methyl sites for hydroxylation is 3. The molecule has 43 heavy (non-hydrogen) atoms. The third-order valence-corrected chi connectivity index (χ3v) is 9.85. The maximum absolute atomic E-state index is 13.8. The van der Waals surface area contributed by atoms with Gasteiger partial charge in [-0.2, -0.15) is 0 Å². The average Bonchev–Trinajstić information content (AvgIpc) is 2.98. The van der Waals surface area contributed by atoms with Gasteiger partial charge < -0.3 is 14.8 Å². The second kappa shape index (κ2) is 12.8. The van der Waals surface area contributed by atoms with Gasteiger partial charge in [-0.25, -0.2) is 16.8 Å². The second-order valence-electron chi connectivity index (χ2n) is 9.81. The number of hydrogen-bond donors (Lipinski definition) is 2. The number of hydrogen-bond acceptors (Lipinski definition) is 7. The van der Waals surface area contributed by atoms with Crippen LogP contribution in [0.15, 0.2) is 94.7 Å². The van der Waals surface area contributed by atoms with Crippen molar-refractivity contribution < 1.29 is 31.1 Å². The zero-order valence-electron chi connectivity index (χ0n) is 24.4. The Labute approximate surface area is 252 Å². The van der Waals surface area contributed by atoms with Crippen molar-refractivity contribution in [2.24, 2.45) is 0 Å². The fraction of sp³-hybridized carbons (Fsp3) is 0.194. The first-order chi connectivity index (χ1) is 20.3. The van der Waals surface area contributed by atoms with Crippen LogP contribution in [0.5, 0.6) is 11.5 Å². The Balaban J connectivity index is 1.57. The molecule has 0 spiro atoms. The van der Waals surface area contributed by atoms with Crippen molar-refractivity contribution in [1.82, 2.24) is 0 Å². The van der Waals surface area contributed by atoms with Gasteiger partial charge in [-0.05, 0) is 80.4 Å². The van der Waals surface area contributed by atoms with E-state index in [1.54, 1.807) is 24.3 Å². The molecule has 0 saturated carbocycles. The van der Waals surface area contributed by atoms with Crippen LogP contribution in [-0.2, 0) is 24.8 Å². The van der Waals surface area contributed by atoms with E-state index in [0.717, 1.165) is 21.0 Å². The number of carbonyl (C=O) groups is 1. The maximum Gasteiger partial charge on any atom is 0.264 e. The summed E-state index contributed by atoms with van der Waals surface area (Å²) in [5.74, 6) is -0.0522. The highest BCUT2D eigenvalue weighted by Crippen LogP contribution is 2.32. The number of nitrogens with zero attached hydrogens (tertiary/aromatic N) is 1. The largest absolute Gasteiger partial charge is 0.493 e. The number of carbonyl (C=O) groups excluding carboxylic acids is 1. The van der Waals surface area contributed by atoms with Gasteiger partial charge in [0.1, 0.15) is 6.54 Å². The zero-order chi connectivity index (χ0) is 31.4. The van der Waals surface area contributed by atoms with E-state index in [2.05, 4.69) is 10.0 Å². The maximum atomic E-state index is 13.8. The van der Waals surface area contributed by atoms with Gasteiger partial charge in [0.15, 0.2) is 11.5 Å². The Morgan fingerprint density at radius 2 is 1.33 bits per heavy atom. The van der Waals surface area contributed by atoms with E-state index in [-0.39, 0.29) is 21.2 Å². The molecule has 0 aliphatic carbocycles. The smallest absolute Gasteiger partial charge is 0.264 e. The SMILES string of the molecule is COc1ccc(S(=O)(=O)N(CC(=O)Nc2ccc(S(=O)(=O)Nc3c(C)cccc3C)cc2)c2ccc(C)cc2)cc1OC. The van der Waals surface area contributed by atoms with Crippen molar-refractivity contribution >= 4 is 43.0 Å². The monoisotopic (exact) mass is 623 g/mol. The van der Waals surface area contributed by atoms with E-state index < -0.39 is 32.5 Å². The Bertz CT molecular complexity index is 1820. The highest BCUT2D eigenvalue weighted by atomic mass is 32.2. The fourth-order valence-electron chi connectivity index (χ4n) is 4.35. The van der Waals surface area contributed by atoms with Gasteiger partial charge in [0.05, 0.1) is 35.4 Å². The van der Waals surface area contributed by atoms with Crippen molar-refractivity contribution in [3.05, 3.63) is 102 Å². The van der Waals surface area contributed by atoms with E-state index in [9.17, 15) is 21.6 Å². The van der Waals surface area contributed by atoms with Crippen molar-refractivity contribution in [2.75, 3.05) is 35.1 Å². The van der Waals surface area contributed by atoms with Gasteiger partial charge in [-0.15, -0.1) is 0 Å². The Morgan fingerprint density at radius 1 is 0.744 bits per heavy atom. The van der Waals surface area contributed by atoms with Gasteiger partial charge in [0, 0.05) is 11.8 Å². The topological polar surface area (TPSA) is 131 Å². The van der Waals surface area contributed by atoms with Crippen LogP contribution >= 0.6 is 0 Å². The molecule has 10 nitrogen and oxygen atoms in total. The van der Waals surface area contributed by atoms with Crippen LogP contribution in [0.2, 0.25) is 0 Å². The second-order valence-corrected chi connectivity index (χ2v) is 13.4. The van der Waals surface area contributed by atoms with Gasteiger partial charge >= 0.3 is 0 Å². The van der Waals surface area contributed by atoms with E-state index >= 15 is 0 Å². The van der Waals surface area contributed by atoms with Crippen LogP contribution in [0.25, 0.3) is 0 Å². The first kappa shape index (κ1) is 31.4. The van der Waals surface area contributed by atoms with Gasteiger partial charge in [-0.3, -0.25) is 13.8 Å². The number of methoxy groups -OCH3 is 2. The molecule has 4 aromatic carbocycles. The summed E-state index contributed by atoms with van der Waals surface area (Å²) in [6, 6.07) is 22.0. The summed E-state index contributed by atoms with van der Waals surface area (Å²) in [5, 5.41) is 2.66. The number of anilines is 3. The molecule has 0 atom stereocenters. The van der Waals surface area contributed by atoms with Crippen molar-refractivity contribution in [2.45, 2.75) is 30.6 Å². The minimum Gasteiger partial charge on any atom is -0.493 e. The van der Waals surface area contributed by atoms with Crippen LogP contribution < -0.4 is 23.8 Å². The summed E-state index contributed by atoms with van der Waals surface area (Å²) in [6.07, 6.45) is 0. The first-order valence-corrected chi connectivity index (χ1v) is 16.1. The number of ether oxygens (including phenoxy) is 2. The quantitative estimate of drug-likeness (QED) is 0.233. The minimum atomic E-state index is -4.23. The first-order valence-electron chi connectivity index (χ1n) is 13.2.